The quantitative estimate of drug-likeness (QED) is 0.0799. The molecule has 4 aromatic rings. The van der Waals surface area contributed by atoms with Crippen molar-refractivity contribution in [3.05, 3.63) is 120 Å². The second kappa shape index (κ2) is 16.9. The highest BCUT2D eigenvalue weighted by atomic mass is 32.2. The molecular formula is C39H48N2O6S. The molecule has 0 saturated carbocycles. The second-order valence-corrected chi connectivity index (χ2v) is 13.4. The van der Waals surface area contributed by atoms with E-state index in [0.29, 0.717) is 32.0 Å². The lowest BCUT2D eigenvalue weighted by Gasteiger charge is -2.31. The lowest BCUT2D eigenvalue weighted by Crippen LogP contribution is -2.41. The highest BCUT2D eigenvalue weighted by Crippen LogP contribution is 2.33. The Bertz CT molecular complexity index is 1760. The number of hydrogen-bond acceptors (Lipinski definition) is 8. The van der Waals surface area contributed by atoms with E-state index < -0.39 is 26.9 Å². The SMILES string of the molecule is CCOC(C)(Nc1ccc(/C=C/C=C/C(c2ccc(NC(C)(OCC)OCC)cc2)S(=O)(=O)c2ccc3ccccc3c2)cc1)OCC. The Kier molecular flexibility index (Phi) is 13.0. The first-order valence-electron chi connectivity index (χ1n) is 16.4. The summed E-state index contributed by atoms with van der Waals surface area (Å²) < 4.78 is 51.5. The van der Waals surface area contributed by atoms with Gasteiger partial charge in [0.25, 0.3) is 0 Å². The Labute approximate surface area is 285 Å². The van der Waals surface area contributed by atoms with Gasteiger partial charge in [0.2, 0.25) is 11.8 Å². The molecule has 4 aromatic carbocycles. The van der Waals surface area contributed by atoms with Gasteiger partial charge in [-0.15, -0.1) is 0 Å². The maximum atomic E-state index is 14.2. The van der Waals surface area contributed by atoms with Crippen molar-refractivity contribution in [1.82, 2.24) is 0 Å². The van der Waals surface area contributed by atoms with Crippen LogP contribution in [0.5, 0.6) is 0 Å². The van der Waals surface area contributed by atoms with Crippen LogP contribution in [0.3, 0.4) is 0 Å². The number of anilines is 2. The first-order chi connectivity index (χ1) is 23.0. The molecular weight excluding hydrogens is 625 g/mol. The molecule has 48 heavy (non-hydrogen) atoms. The van der Waals surface area contributed by atoms with Crippen molar-refractivity contribution in [2.24, 2.45) is 0 Å². The van der Waals surface area contributed by atoms with E-state index in [-0.39, 0.29) is 4.90 Å². The molecule has 0 fully saturated rings. The fourth-order valence-corrected chi connectivity index (χ4v) is 7.16. The maximum Gasteiger partial charge on any atom is 0.246 e. The number of fused-ring (bicyclic) bond motifs is 1. The molecule has 9 heteroatoms. The molecule has 0 aliphatic rings. The predicted molar refractivity (Wildman–Crippen MR) is 195 cm³/mol. The van der Waals surface area contributed by atoms with Crippen LogP contribution >= 0.6 is 0 Å². The summed E-state index contributed by atoms with van der Waals surface area (Å²) in [5.41, 5.74) is 3.19. The van der Waals surface area contributed by atoms with Crippen LogP contribution in [-0.2, 0) is 28.8 Å². The fourth-order valence-electron chi connectivity index (χ4n) is 5.50. The van der Waals surface area contributed by atoms with E-state index in [9.17, 15) is 8.42 Å². The first-order valence-corrected chi connectivity index (χ1v) is 18.0. The van der Waals surface area contributed by atoms with Gasteiger partial charge < -0.3 is 29.6 Å². The van der Waals surface area contributed by atoms with Crippen LogP contribution in [0.25, 0.3) is 16.8 Å². The summed E-state index contributed by atoms with van der Waals surface area (Å²) in [5.74, 6) is -1.93. The Morgan fingerprint density at radius 3 is 1.67 bits per heavy atom. The van der Waals surface area contributed by atoms with Crippen LogP contribution in [0.2, 0.25) is 0 Å². The summed E-state index contributed by atoms with van der Waals surface area (Å²) in [4.78, 5) is 0.261. The lowest BCUT2D eigenvalue weighted by molar-refractivity contribution is -0.201. The molecule has 0 bridgehead atoms. The average molecular weight is 673 g/mol. The van der Waals surface area contributed by atoms with E-state index in [2.05, 4.69) is 10.6 Å². The molecule has 0 amide bonds. The molecule has 256 valence electrons. The fraction of sp³-hybridized carbons (Fsp3) is 0.333. The minimum Gasteiger partial charge on any atom is -0.335 e. The highest BCUT2D eigenvalue weighted by Gasteiger charge is 2.29. The van der Waals surface area contributed by atoms with Gasteiger partial charge in [0, 0.05) is 51.6 Å². The number of sulfone groups is 1. The summed E-state index contributed by atoms with van der Waals surface area (Å²) in [6.07, 6.45) is 7.28. The number of rotatable bonds is 18. The van der Waals surface area contributed by atoms with Crippen molar-refractivity contribution in [2.75, 3.05) is 37.1 Å². The van der Waals surface area contributed by atoms with E-state index in [4.69, 9.17) is 18.9 Å². The Balaban J connectivity index is 1.60. The third-order valence-electron chi connectivity index (χ3n) is 7.64. The van der Waals surface area contributed by atoms with Gasteiger partial charge >= 0.3 is 0 Å². The predicted octanol–water partition coefficient (Wildman–Crippen LogP) is 8.94. The zero-order valence-electron chi connectivity index (χ0n) is 28.7. The Morgan fingerprint density at radius 2 is 1.15 bits per heavy atom. The third kappa shape index (κ3) is 9.78. The molecule has 1 unspecified atom stereocenters. The number of hydrogen-bond donors (Lipinski definition) is 2. The molecule has 2 N–H and O–H groups in total. The molecule has 0 radical (unpaired) electrons. The van der Waals surface area contributed by atoms with Crippen molar-refractivity contribution in [3.63, 3.8) is 0 Å². The van der Waals surface area contributed by atoms with Gasteiger partial charge in [0.15, 0.2) is 9.84 Å². The molecule has 4 rings (SSSR count). The van der Waals surface area contributed by atoms with Gasteiger partial charge in [-0.2, -0.15) is 0 Å². The van der Waals surface area contributed by atoms with Gasteiger partial charge in [-0.3, -0.25) is 0 Å². The van der Waals surface area contributed by atoms with E-state index in [0.717, 1.165) is 27.7 Å². The molecule has 0 saturated heterocycles. The first kappa shape index (κ1) is 36.8. The van der Waals surface area contributed by atoms with Gasteiger partial charge in [0.05, 0.1) is 4.90 Å². The van der Waals surface area contributed by atoms with Crippen LogP contribution in [0.15, 0.2) is 114 Å². The number of ether oxygens (including phenoxy) is 4. The molecule has 0 aromatic heterocycles. The normalized spacial score (nSPS) is 13.4. The van der Waals surface area contributed by atoms with Crippen molar-refractivity contribution in [3.8, 4) is 0 Å². The molecule has 1 atom stereocenters. The monoisotopic (exact) mass is 672 g/mol. The smallest absolute Gasteiger partial charge is 0.246 e. The summed E-state index contributed by atoms with van der Waals surface area (Å²) in [6, 6.07) is 28.2. The number of allylic oxidation sites excluding steroid dienone is 2. The lowest BCUT2D eigenvalue weighted by atomic mass is 10.1. The third-order valence-corrected chi connectivity index (χ3v) is 9.65. The van der Waals surface area contributed by atoms with E-state index in [1.165, 1.54) is 0 Å². The Morgan fingerprint density at radius 1 is 0.646 bits per heavy atom. The molecule has 0 heterocycles. The summed E-state index contributed by atoms with van der Waals surface area (Å²) >= 11 is 0. The van der Waals surface area contributed by atoms with Crippen LogP contribution in [0.1, 0.15) is 57.9 Å². The maximum absolute atomic E-state index is 14.2. The summed E-state index contributed by atoms with van der Waals surface area (Å²) in [7, 11) is -3.81. The van der Waals surface area contributed by atoms with Gasteiger partial charge in [-0.05, 0) is 86.0 Å². The minimum absolute atomic E-state index is 0.261. The Hall–Kier alpha value is -3.99. The number of nitrogens with one attached hydrogen (secondary N) is 2. The van der Waals surface area contributed by atoms with Crippen molar-refractivity contribution in [1.29, 1.82) is 0 Å². The summed E-state index contributed by atoms with van der Waals surface area (Å²) in [5, 5.41) is 7.48. The number of benzene rings is 4. The van der Waals surface area contributed by atoms with E-state index in [1.807, 2.05) is 133 Å². The van der Waals surface area contributed by atoms with Crippen LogP contribution in [0, 0.1) is 0 Å². The van der Waals surface area contributed by atoms with Gasteiger partial charge in [-0.25, -0.2) is 8.42 Å². The van der Waals surface area contributed by atoms with Gasteiger partial charge in [-0.1, -0.05) is 78.9 Å². The second-order valence-electron chi connectivity index (χ2n) is 11.3. The van der Waals surface area contributed by atoms with E-state index in [1.54, 1.807) is 24.3 Å². The molecule has 0 aliphatic carbocycles. The zero-order chi connectivity index (χ0) is 34.6. The van der Waals surface area contributed by atoms with Gasteiger partial charge in [0.1, 0.15) is 5.25 Å². The van der Waals surface area contributed by atoms with Crippen LogP contribution in [-0.4, -0.2) is 46.7 Å². The van der Waals surface area contributed by atoms with Crippen LogP contribution < -0.4 is 10.6 Å². The highest BCUT2D eigenvalue weighted by molar-refractivity contribution is 7.91. The molecule has 0 spiro atoms. The zero-order valence-corrected chi connectivity index (χ0v) is 29.5. The van der Waals surface area contributed by atoms with Crippen molar-refractivity contribution >= 4 is 38.1 Å². The summed E-state index contributed by atoms with van der Waals surface area (Å²) in [6.45, 7) is 13.3. The van der Waals surface area contributed by atoms with Crippen LogP contribution in [0.4, 0.5) is 11.4 Å². The topological polar surface area (TPSA) is 95.1 Å². The van der Waals surface area contributed by atoms with Crippen molar-refractivity contribution in [2.45, 2.75) is 63.5 Å². The van der Waals surface area contributed by atoms with E-state index >= 15 is 0 Å². The standard InChI is InChI=1S/C39H48N2O6S/c1-7-44-38(5,45-8-2)40-34-24-19-30(20-25-34)15-11-14-18-37(48(42,43)36-28-23-31-16-12-13-17-33(31)29-36)32-21-26-35(27-22-32)41-39(6,46-9-3)47-10-4/h11-29,37,40-41H,7-10H2,1-6H3/b15-11+,18-14+. The average Bonchev–Trinajstić information content (AvgIpc) is 3.06. The minimum atomic E-state index is -3.81. The molecule has 8 nitrogen and oxygen atoms in total. The molecule has 0 aliphatic heterocycles. The largest absolute Gasteiger partial charge is 0.335 e. The van der Waals surface area contributed by atoms with Crippen molar-refractivity contribution < 1.29 is 27.4 Å².